The van der Waals surface area contributed by atoms with Crippen molar-refractivity contribution in [2.24, 2.45) is 0 Å². The van der Waals surface area contributed by atoms with Gasteiger partial charge >= 0.3 is 0 Å². The summed E-state index contributed by atoms with van der Waals surface area (Å²) in [6.45, 7) is 4.52. The van der Waals surface area contributed by atoms with Crippen LogP contribution in [0, 0.1) is 0 Å². The second-order valence-electron chi connectivity index (χ2n) is 4.99. The lowest BCUT2D eigenvalue weighted by molar-refractivity contribution is 0.499. The Morgan fingerprint density at radius 2 is 1.89 bits per heavy atom. The van der Waals surface area contributed by atoms with E-state index in [1.54, 1.807) is 0 Å². The van der Waals surface area contributed by atoms with Crippen molar-refractivity contribution < 1.29 is 0 Å². The Balaban J connectivity index is 2.06. The van der Waals surface area contributed by atoms with Gasteiger partial charge in [0.05, 0.1) is 5.56 Å². The zero-order chi connectivity index (χ0) is 13.4. The van der Waals surface area contributed by atoms with E-state index in [4.69, 9.17) is 0 Å². The van der Waals surface area contributed by atoms with Crippen LogP contribution in [-0.4, -0.2) is 25.7 Å². The summed E-state index contributed by atoms with van der Waals surface area (Å²) in [7, 11) is 0. The smallest absolute Gasteiger partial charge is 0.250 e. The van der Waals surface area contributed by atoms with Crippen LogP contribution in [0.25, 0.3) is 11.1 Å². The predicted octanol–water partition coefficient (Wildman–Crippen LogP) is 0.748. The maximum absolute atomic E-state index is 11.9. The van der Waals surface area contributed by atoms with E-state index < -0.39 is 0 Å². The van der Waals surface area contributed by atoms with Crippen molar-refractivity contribution in [2.45, 2.75) is 13.0 Å². The fraction of sp³-hybridized carbons (Fsp3) is 0.333. The van der Waals surface area contributed by atoms with E-state index in [9.17, 15) is 9.59 Å². The lowest BCUT2D eigenvalue weighted by Gasteiger charge is -2.37. The van der Waals surface area contributed by atoms with Crippen LogP contribution in [-0.2, 0) is 0 Å². The van der Waals surface area contributed by atoms with Gasteiger partial charge in [0.25, 0.3) is 0 Å². The van der Waals surface area contributed by atoms with Crippen LogP contribution in [0.1, 0.15) is 6.92 Å². The first-order valence-corrected chi connectivity index (χ1v) is 6.56. The zero-order valence-corrected chi connectivity index (χ0v) is 10.8. The molecule has 1 atom stereocenters. The Bertz CT molecular complexity index is 656. The van der Waals surface area contributed by atoms with Gasteiger partial charge in [0.1, 0.15) is 5.69 Å². The van der Waals surface area contributed by atoms with Gasteiger partial charge in [-0.1, -0.05) is 30.3 Å². The van der Waals surface area contributed by atoms with E-state index in [0.29, 0.717) is 11.3 Å². The van der Waals surface area contributed by atoms with E-state index in [2.05, 4.69) is 17.1 Å². The summed E-state index contributed by atoms with van der Waals surface area (Å²) in [6.07, 6.45) is 0. The van der Waals surface area contributed by atoms with Crippen LogP contribution < -0.4 is 21.1 Å². The molecule has 0 aromatic heterocycles. The summed E-state index contributed by atoms with van der Waals surface area (Å²) in [5.41, 5.74) is 1.33. The van der Waals surface area contributed by atoms with Crippen molar-refractivity contribution in [3.05, 3.63) is 50.8 Å². The van der Waals surface area contributed by atoms with Crippen molar-refractivity contribution in [2.75, 3.05) is 24.5 Å². The molecule has 1 aliphatic heterocycles. The molecule has 2 aromatic rings. The number of piperazine rings is 1. The van der Waals surface area contributed by atoms with Crippen LogP contribution in [0.3, 0.4) is 0 Å². The van der Waals surface area contributed by atoms with Crippen molar-refractivity contribution >= 4 is 5.69 Å². The summed E-state index contributed by atoms with van der Waals surface area (Å²) in [4.78, 5) is 25.9. The van der Waals surface area contributed by atoms with Crippen LogP contribution in [0.5, 0.6) is 0 Å². The van der Waals surface area contributed by atoms with Gasteiger partial charge in [-0.15, -0.1) is 0 Å². The van der Waals surface area contributed by atoms with Crippen molar-refractivity contribution in [3.63, 3.8) is 0 Å². The Labute approximate surface area is 111 Å². The minimum atomic E-state index is -0.355. The second kappa shape index (κ2) is 4.63. The molecule has 0 spiro atoms. The molecule has 0 aliphatic carbocycles. The van der Waals surface area contributed by atoms with Gasteiger partial charge in [-0.25, -0.2) is 0 Å². The summed E-state index contributed by atoms with van der Waals surface area (Å²) < 4.78 is 0. The molecular weight excluding hydrogens is 240 g/mol. The predicted molar refractivity (Wildman–Crippen MR) is 76.5 cm³/mol. The van der Waals surface area contributed by atoms with Gasteiger partial charge in [0, 0.05) is 25.7 Å². The van der Waals surface area contributed by atoms with Gasteiger partial charge < -0.3 is 10.2 Å². The largest absolute Gasteiger partial charge is 0.362 e. The third kappa shape index (κ3) is 1.88. The highest BCUT2D eigenvalue weighted by atomic mass is 16.2. The number of hydrogen-bond acceptors (Lipinski definition) is 4. The number of nitrogens with one attached hydrogen (secondary N) is 1. The highest BCUT2D eigenvalue weighted by molar-refractivity contribution is 5.82. The normalized spacial score (nSPS) is 19.8. The van der Waals surface area contributed by atoms with Crippen LogP contribution in [0.15, 0.2) is 39.9 Å². The van der Waals surface area contributed by atoms with Crippen LogP contribution in [0.2, 0.25) is 0 Å². The summed E-state index contributed by atoms with van der Waals surface area (Å²) in [5, 5.41) is 3.29. The van der Waals surface area contributed by atoms with Crippen LogP contribution >= 0.6 is 0 Å². The minimum Gasteiger partial charge on any atom is -0.362 e. The molecule has 4 heteroatoms. The molecule has 3 rings (SSSR count). The van der Waals surface area contributed by atoms with Gasteiger partial charge in [0.15, 0.2) is 0 Å². The highest BCUT2D eigenvalue weighted by Crippen LogP contribution is 2.28. The zero-order valence-electron chi connectivity index (χ0n) is 10.8. The Morgan fingerprint density at radius 3 is 2.58 bits per heavy atom. The number of anilines is 1. The van der Waals surface area contributed by atoms with Gasteiger partial charge in [-0.05, 0) is 12.5 Å². The van der Waals surface area contributed by atoms with E-state index >= 15 is 0 Å². The maximum atomic E-state index is 11.9. The fourth-order valence-corrected chi connectivity index (χ4v) is 2.70. The quantitative estimate of drug-likeness (QED) is 0.806. The lowest BCUT2D eigenvalue weighted by atomic mass is 9.96. The number of benzene rings is 1. The maximum Gasteiger partial charge on any atom is 0.250 e. The lowest BCUT2D eigenvalue weighted by Crippen LogP contribution is -2.54. The molecule has 0 saturated carbocycles. The van der Waals surface area contributed by atoms with Gasteiger partial charge in [-0.2, -0.15) is 0 Å². The monoisotopic (exact) mass is 256 g/mol. The van der Waals surface area contributed by atoms with E-state index in [1.807, 2.05) is 30.3 Å². The molecule has 1 N–H and O–H groups in total. The van der Waals surface area contributed by atoms with Crippen molar-refractivity contribution in [1.29, 1.82) is 0 Å². The average Bonchev–Trinajstić information content (AvgIpc) is 2.46. The number of rotatable bonds is 2. The van der Waals surface area contributed by atoms with Gasteiger partial charge in [-0.3, -0.25) is 9.59 Å². The molecule has 19 heavy (non-hydrogen) atoms. The Kier molecular flexibility index (Phi) is 2.95. The van der Waals surface area contributed by atoms with E-state index in [-0.39, 0.29) is 16.9 Å². The first-order valence-electron chi connectivity index (χ1n) is 6.56. The van der Waals surface area contributed by atoms with Gasteiger partial charge in [0.2, 0.25) is 10.9 Å². The first kappa shape index (κ1) is 12.1. The molecule has 0 bridgehead atoms. The topological polar surface area (TPSA) is 49.4 Å². The molecule has 0 unspecified atom stereocenters. The molecule has 1 fully saturated rings. The molecule has 98 valence electrons. The van der Waals surface area contributed by atoms with E-state index in [1.165, 1.54) is 0 Å². The number of nitrogens with zero attached hydrogens (tertiary/aromatic N) is 1. The summed E-state index contributed by atoms with van der Waals surface area (Å²) in [5.74, 6) is 0. The second-order valence-corrected chi connectivity index (χ2v) is 4.99. The van der Waals surface area contributed by atoms with Crippen LogP contribution in [0.4, 0.5) is 5.69 Å². The molecule has 1 saturated heterocycles. The molecular formula is C15H16N2O2. The summed E-state index contributed by atoms with van der Waals surface area (Å²) >= 11 is 0. The summed E-state index contributed by atoms with van der Waals surface area (Å²) in [6, 6.07) is 9.68. The molecule has 2 aromatic carbocycles. The standard InChI is InChI=1S/C15H16N2O2/c1-10-9-16-7-8-17(10)13-12(14(18)15(13)19)11-5-3-2-4-6-11/h2-6,10,16H,7-9H2,1H3/t10-/m1/s1. The SMILES string of the molecule is C[C@@H]1CNCCN1c1c(-c2ccccc2)c(=O)c1=O. The third-order valence-electron chi connectivity index (χ3n) is 3.74. The Hall–Kier alpha value is -1.94. The number of hydrogen-bond donors (Lipinski definition) is 1. The Morgan fingerprint density at radius 1 is 1.16 bits per heavy atom. The molecule has 0 radical (unpaired) electrons. The van der Waals surface area contributed by atoms with Crippen molar-refractivity contribution in [1.82, 2.24) is 5.32 Å². The minimum absolute atomic E-state index is 0.236. The fourth-order valence-electron chi connectivity index (χ4n) is 2.70. The molecule has 4 nitrogen and oxygen atoms in total. The highest BCUT2D eigenvalue weighted by Gasteiger charge is 2.30. The molecule has 1 aliphatic rings. The van der Waals surface area contributed by atoms with E-state index in [0.717, 1.165) is 25.2 Å². The average molecular weight is 256 g/mol. The third-order valence-corrected chi connectivity index (χ3v) is 3.74. The molecule has 1 heterocycles. The first-order chi connectivity index (χ1) is 9.20. The molecule has 0 amide bonds. The van der Waals surface area contributed by atoms with Crippen molar-refractivity contribution in [3.8, 4) is 11.1 Å².